The first-order valence-electron chi connectivity index (χ1n) is 6.98. The topological polar surface area (TPSA) is 39.7 Å². The molecule has 0 saturated heterocycles. The SMILES string of the molecule is COc1ccc(OC)c(CNC2COc3ccccc32)c1. The number of methoxy groups -OCH3 is 2. The highest BCUT2D eigenvalue weighted by molar-refractivity contribution is 5.41. The third kappa shape index (κ3) is 2.81. The molecule has 1 N–H and O–H groups in total. The normalized spacial score (nSPS) is 16.2. The molecule has 0 aromatic heterocycles. The standard InChI is InChI=1S/C17H19NO3/c1-19-13-7-8-16(20-2)12(9-13)10-18-15-11-21-17-6-4-3-5-14(15)17/h3-9,15,18H,10-11H2,1-2H3. The molecule has 1 unspecified atom stereocenters. The number of hydrogen-bond acceptors (Lipinski definition) is 4. The Morgan fingerprint density at radius 2 is 2.00 bits per heavy atom. The highest BCUT2D eigenvalue weighted by atomic mass is 16.5. The van der Waals surface area contributed by atoms with Crippen LogP contribution in [-0.4, -0.2) is 20.8 Å². The van der Waals surface area contributed by atoms with Crippen molar-refractivity contribution < 1.29 is 14.2 Å². The van der Waals surface area contributed by atoms with E-state index >= 15 is 0 Å². The van der Waals surface area contributed by atoms with Crippen LogP contribution in [0.2, 0.25) is 0 Å². The third-order valence-electron chi connectivity index (χ3n) is 3.73. The molecule has 0 saturated carbocycles. The number of para-hydroxylation sites is 1. The van der Waals surface area contributed by atoms with Crippen LogP contribution < -0.4 is 19.5 Å². The molecule has 4 heteroatoms. The Kier molecular flexibility index (Phi) is 3.97. The molecule has 0 radical (unpaired) electrons. The van der Waals surface area contributed by atoms with E-state index in [1.165, 1.54) is 5.56 Å². The largest absolute Gasteiger partial charge is 0.497 e. The van der Waals surface area contributed by atoms with Gasteiger partial charge in [0.2, 0.25) is 0 Å². The van der Waals surface area contributed by atoms with E-state index in [4.69, 9.17) is 14.2 Å². The number of ether oxygens (including phenoxy) is 3. The summed E-state index contributed by atoms with van der Waals surface area (Å²) in [5.74, 6) is 2.65. The predicted molar refractivity (Wildman–Crippen MR) is 81.1 cm³/mol. The maximum Gasteiger partial charge on any atom is 0.124 e. The average molecular weight is 285 g/mol. The van der Waals surface area contributed by atoms with Crippen LogP contribution in [0.25, 0.3) is 0 Å². The van der Waals surface area contributed by atoms with E-state index < -0.39 is 0 Å². The zero-order chi connectivity index (χ0) is 14.7. The number of benzene rings is 2. The van der Waals surface area contributed by atoms with Crippen LogP contribution in [-0.2, 0) is 6.54 Å². The molecule has 0 fully saturated rings. The van der Waals surface area contributed by atoms with E-state index in [1.54, 1.807) is 14.2 Å². The minimum atomic E-state index is 0.206. The van der Waals surface area contributed by atoms with Crippen LogP contribution in [0, 0.1) is 0 Å². The number of rotatable bonds is 5. The summed E-state index contributed by atoms with van der Waals surface area (Å²) in [6.07, 6.45) is 0. The molecule has 0 bridgehead atoms. The van der Waals surface area contributed by atoms with Crippen molar-refractivity contribution in [2.45, 2.75) is 12.6 Å². The van der Waals surface area contributed by atoms with Gasteiger partial charge in [0.15, 0.2) is 0 Å². The average Bonchev–Trinajstić information content (AvgIpc) is 2.96. The summed E-state index contributed by atoms with van der Waals surface area (Å²) in [6.45, 7) is 1.36. The summed E-state index contributed by atoms with van der Waals surface area (Å²) < 4.78 is 16.4. The molecule has 2 aromatic carbocycles. The minimum Gasteiger partial charge on any atom is -0.497 e. The predicted octanol–water partition coefficient (Wildman–Crippen LogP) is 2.93. The summed E-state index contributed by atoms with van der Waals surface area (Å²) in [6, 6.07) is 14.2. The van der Waals surface area contributed by atoms with E-state index in [0.29, 0.717) is 13.2 Å². The Morgan fingerprint density at radius 1 is 1.14 bits per heavy atom. The van der Waals surface area contributed by atoms with Gasteiger partial charge < -0.3 is 19.5 Å². The lowest BCUT2D eigenvalue weighted by Crippen LogP contribution is -2.22. The van der Waals surface area contributed by atoms with Crippen molar-refractivity contribution in [3.8, 4) is 17.2 Å². The monoisotopic (exact) mass is 285 g/mol. The molecule has 21 heavy (non-hydrogen) atoms. The fraction of sp³-hybridized carbons (Fsp3) is 0.294. The fourth-order valence-electron chi connectivity index (χ4n) is 2.58. The first-order chi connectivity index (χ1) is 10.3. The second-order valence-corrected chi connectivity index (χ2v) is 4.96. The lowest BCUT2D eigenvalue weighted by atomic mass is 10.1. The maximum absolute atomic E-state index is 5.68. The van der Waals surface area contributed by atoms with Gasteiger partial charge in [0, 0.05) is 17.7 Å². The first kappa shape index (κ1) is 13.8. The van der Waals surface area contributed by atoms with Crippen molar-refractivity contribution >= 4 is 0 Å². The van der Waals surface area contributed by atoms with Gasteiger partial charge in [-0.15, -0.1) is 0 Å². The van der Waals surface area contributed by atoms with Gasteiger partial charge in [-0.25, -0.2) is 0 Å². The van der Waals surface area contributed by atoms with Crippen molar-refractivity contribution in [1.29, 1.82) is 0 Å². The van der Waals surface area contributed by atoms with Crippen molar-refractivity contribution in [3.63, 3.8) is 0 Å². The van der Waals surface area contributed by atoms with Crippen LogP contribution >= 0.6 is 0 Å². The second kappa shape index (κ2) is 6.06. The maximum atomic E-state index is 5.68. The minimum absolute atomic E-state index is 0.206. The quantitative estimate of drug-likeness (QED) is 0.917. The smallest absolute Gasteiger partial charge is 0.124 e. The molecule has 2 aromatic rings. The second-order valence-electron chi connectivity index (χ2n) is 4.96. The molecular weight excluding hydrogens is 266 g/mol. The molecule has 0 spiro atoms. The highest BCUT2D eigenvalue weighted by Crippen LogP contribution is 2.32. The first-order valence-corrected chi connectivity index (χ1v) is 6.98. The molecule has 4 nitrogen and oxygen atoms in total. The van der Waals surface area contributed by atoms with Gasteiger partial charge in [-0.1, -0.05) is 18.2 Å². The number of hydrogen-bond donors (Lipinski definition) is 1. The Morgan fingerprint density at radius 3 is 2.81 bits per heavy atom. The van der Waals surface area contributed by atoms with Gasteiger partial charge in [-0.3, -0.25) is 0 Å². The Balaban J connectivity index is 1.74. The molecule has 0 amide bonds. The zero-order valence-corrected chi connectivity index (χ0v) is 12.3. The summed E-state index contributed by atoms with van der Waals surface area (Å²) in [5, 5.41) is 3.52. The van der Waals surface area contributed by atoms with E-state index in [1.807, 2.05) is 36.4 Å². The molecular formula is C17H19NO3. The van der Waals surface area contributed by atoms with Gasteiger partial charge in [-0.05, 0) is 24.3 Å². The van der Waals surface area contributed by atoms with Crippen LogP contribution in [0.15, 0.2) is 42.5 Å². The van der Waals surface area contributed by atoms with Gasteiger partial charge in [0.25, 0.3) is 0 Å². The lowest BCUT2D eigenvalue weighted by molar-refractivity contribution is 0.309. The highest BCUT2D eigenvalue weighted by Gasteiger charge is 2.23. The van der Waals surface area contributed by atoms with E-state index in [0.717, 1.165) is 22.8 Å². The van der Waals surface area contributed by atoms with Gasteiger partial charge in [0.05, 0.1) is 20.3 Å². The molecule has 110 valence electrons. The molecule has 1 aliphatic rings. The van der Waals surface area contributed by atoms with E-state index in [9.17, 15) is 0 Å². The van der Waals surface area contributed by atoms with Crippen molar-refractivity contribution in [3.05, 3.63) is 53.6 Å². The summed E-state index contributed by atoms with van der Waals surface area (Å²) >= 11 is 0. The summed E-state index contributed by atoms with van der Waals surface area (Å²) in [7, 11) is 3.35. The van der Waals surface area contributed by atoms with Crippen LogP contribution in [0.1, 0.15) is 17.2 Å². The molecule has 0 aliphatic carbocycles. The molecule has 1 heterocycles. The summed E-state index contributed by atoms with van der Waals surface area (Å²) in [4.78, 5) is 0. The van der Waals surface area contributed by atoms with Gasteiger partial charge in [-0.2, -0.15) is 0 Å². The van der Waals surface area contributed by atoms with E-state index in [2.05, 4.69) is 11.4 Å². The summed E-state index contributed by atoms with van der Waals surface area (Å²) in [5.41, 5.74) is 2.28. The zero-order valence-electron chi connectivity index (χ0n) is 12.3. The van der Waals surface area contributed by atoms with Gasteiger partial charge in [0.1, 0.15) is 23.9 Å². The van der Waals surface area contributed by atoms with Gasteiger partial charge >= 0.3 is 0 Å². The van der Waals surface area contributed by atoms with E-state index in [-0.39, 0.29) is 6.04 Å². The van der Waals surface area contributed by atoms with Crippen LogP contribution in [0.4, 0.5) is 0 Å². The number of fused-ring (bicyclic) bond motifs is 1. The van der Waals surface area contributed by atoms with Crippen molar-refractivity contribution in [2.24, 2.45) is 0 Å². The number of nitrogens with one attached hydrogen (secondary N) is 1. The van der Waals surface area contributed by atoms with Crippen molar-refractivity contribution in [1.82, 2.24) is 5.32 Å². The van der Waals surface area contributed by atoms with Crippen LogP contribution in [0.5, 0.6) is 17.2 Å². The Hall–Kier alpha value is -2.20. The molecule has 1 aliphatic heterocycles. The van der Waals surface area contributed by atoms with Crippen molar-refractivity contribution in [2.75, 3.05) is 20.8 Å². The van der Waals surface area contributed by atoms with Crippen LogP contribution in [0.3, 0.4) is 0 Å². The Bertz CT molecular complexity index is 627. The molecule has 1 atom stereocenters. The lowest BCUT2D eigenvalue weighted by Gasteiger charge is -2.14. The Labute approximate surface area is 124 Å². The fourth-order valence-corrected chi connectivity index (χ4v) is 2.58. The molecule has 3 rings (SSSR count). The third-order valence-corrected chi connectivity index (χ3v) is 3.73.